The van der Waals surface area contributed by atoms with Crippen LogP contribution in [-0.2, 0) is 4.74 Å². The van der Waals surface area contributed by atoms with E-state index in [1.54, 1.807) is 0 Å². The maximum absolute atomic E-state index is 10.9. The largest absolute Gasteiger partial charge is 0.447 e. The molecule has 0 spiro atoms. The van der Waals surface area contributed by atoms with Gasteiger partial charge in [-0.1, -0.05) is 0 Å². The van der Waals surface area contributed by atoms with Gasteiger partial charge in [0, 0.05) is 12.6 Å². The zero-order valence-corrected chi connectivity index (χ0v) is 7.96. The van der Waals surface area contributed by atoms with Crippen molar-refractivity contribution in [2.75, 3.05) is 6.54 Å². The van der Waals surface area contributed by atoms with Crippen molar-refractivity contribution in [1.29, 1.82) is 0 Å². The molecule has 1 atom stereocenters. The molecule has 4 nitrogen and oxygen atoms in total. The zero-order chi connectivity index (χ0) is 9.56. The number of ether oxygens (including phenoxy) is 1. The summed E-state index contributed by atoms with van der Waals surface area (Å²) in [5.74, 6) is 0. The minimum Gasteiger partial charge on any atom is -0.447 e. The Kier molecular flexibility index (Phi) is 5.45. The quantitative estimate of drug-likeness (QED) is 0.664. The lowest BCUT2D eigenvalue weighted by molar-refractivity contribution is 0.115. The summed E-state index contributed by atoms with van der Waals surface area (Å²) in [4.78, 5) is 10.9. The van der Waals surface area contributed by atoms with Gasteiger partial charge in [0.1, 0.15) is 0 Å². The van der Waals surface area contributed by atoms with Crippen molar-refractivity contribution in [2.24, 2.45) is 5.73 Å². The second-order valence-electron chi connectivity index (χ2n) is 3.15. The molecule has 72 valence electrons. The third kappa shape index (κ3) is 7.34. The van der Waals surface area contributed by atoms with Gasteiger partial charge in [0.15, 0.2) is 0 Å². The van der Waals surface area contributed by atoms with Crippen LogP contribution in [-0.4, -0.2) is 24.8 Å². The van der Waals surface area contributed by atoms with E-state index in [1.165, 1.54) is 0 Å². The number of nitrogens with two attached hydrogens (primary N) is 1. The molecule has 12 heavy (non-hydrogen) atoms. The van der Waals surface area contributed by atoms with Crippen LogP contribution in [0.15, 0.2) is 0 Å². The number of nitrogens with one attached hydrogen (secondary N) is 1. The maximum Gasteiger partial charge on any atom is 0.407 e. The van der Waals surface area contributed by atoms with Gasteiger partial charge in [-0.25, -0.2) is 4.79 Å². The second-order valence-corrected chi connectivity index (χ2v) is 3.15. The van der Waals surface area contributed by atoms with Crippen molar-refractivity contribution >= 4 is 6.09 Å². The fourth-order valence-electron chi connectivity index (χ4n) is 0.658. The van der Waals surface area contributed by atoms with Crippen molar-refractivity contribution in [3.8, 4) is 0 Å². The predicted molar refractivity (Wildman–Crippen MR) is 47.9 cm³/mol. The first-order chi connectivity index (χ1) is 5.52. The third-order valence-corrected chi connectivity index (χ3v) is 1.21. The Bertz CT molecular complexity index is 135. The van der Waals surface area contributed by atoms with Gasteiger partial charge in [-0.2, -0.15) is 0 Å². The van der Waals surface area contributed by atoms with E-state index in [0.29, 0.717) is 6.54 Å². The van der Waals surface area contributed by atoms with Crippen molar-refractivity contribution < 1.29 is 9.53 Å². The minimum absolute atomic E-state index is 0.0692. The Morgan fingerprint density at radius 2 is 2.08 bits per heavy atom. The van der Waals surface area contributed by atoms with E-state index in [-0.39, 0.29) is 18.2 Å². The molecular weight excluding hydrogens is 156 g/mol. The van der Waals surface area contributed by atoms with E-state index in [9.17, 15) is 4.79 Å². The topological polar surface area (TPSA) is 64.3 Å². The highest BCUT2D eigenvalue weighted by atomic mass is 16.6. The Labute approximate surface area is 73.5 Å². The lowest BCUT2D eigenvalue weighted by Gasteiger charge is -2.10. The lowest BCUT2D eigenvalue weighted by atomic mass is 10.2. The van der Waals surface area contributed by atoms with Crippen LogP contribution in [0.2, 0.25) is 0 Å². The third-order valence-electron chi connectivity index (χ3n) is 1.21. The molecule has 0 rings (SSSR count). The van der Waals surface area contributed by atoms with Crippen LogP contribution in [0.3, 0.4) is 0 Å². The average Bonchev–Trinajstić information content (AvgIpc) is 1.84. The van der Waals surface area contributed by atoms with E-state index in [2.05, 4.69) is 5.32 Å². The van der Waals surface area contributed by atoms with Crippen LogP contribution in [0, 0.1) is 0 Å². The highest BCUT2D eigenvalue weighted by molar-refractivity contribution is 5.67. The molecule has 1 unspecified atom stereocenters. The van der Waals surface area contributed by atoms with Gasteiger partial charge in [-0.3, -0.25) is 0 Å². The Hall–Kier alpha value is -0.770. The molecule has 0 bridgehead atoms. The van der Waals surface area contributed by atoms with E-state index in [4.69, 9.17) is 10.5 Å². The Balaban J connectivity index is 3.32. The SMILES string of the molecule is CC(N)CCNC(=O)OC(C)C. The minimum atomic E-state index is -0.370. The van der Waals surface area contributed by atoms with Gasteiger partial charge in [0.25, 0.3) is 0 Å². The molecule has 0 aliphatic carbocycles. The first-order valence-corrected chi connectivity index (χ1v) is 4.22. The van der Waals surface area contributed by atoms with Gasteiger partial charge in [0.2, 0.25) is 0 Å². The van der Waals surface area contributed by atoms with Crippen LogP contribution >= 0.6 is 0 Å². The molecule has 0 radical (unpaired) electrons. The molecule has 0 saturated carbocycles. The molecule has 0 saturated heterocycles. The number of alkyl carbamates (subject to hydrolysis) is 1. The first kappa shape index (κ1) is 11.2. The summed E-state index contributed by atoms with van der Waals surface area (Å²) in [5, 5.41) is 2.60. The summed E-state index contributed by atoms with van der Waals surface area (Å²) in [5.41, 5.74) is 5.49. The second kappa shape index (κ2) is 5.83. The molecule has 0 aliphatic heterocycles. The van der Waals surface area contributed by atoms with E-state index in [0.717, 1.165) is 6.42 Å². The predicted octanol–water partition coefficient (Wildman–Crippen LogP) is 0.858. The number of amides is 1. The number of carbonyl (C=O) groups is 1. The fourth-order valence-corrected chi connectivity index (χ4v) is 0.658. The Morgan fingerprint density at radius 1 is 1.50 bits per heavy atom. The summed E-state index contributed by atoms with van der Waals surface area (Å²) in [6.45, 7) is 6.09. The molecule has 1 amide bonds. The van der Waals surface area contributed by atoms with E-state index in [1.807, 2.05) is 20.8 Å². The molecule has 0 aromatic rings. The van der Waals surface area contributed by atoms with Gasteiger partial charge in [0.05, 0.1) is 6.10 Å². The highest BCUT2D eigenvalue weighted by Crippen LogP contribution is 1.89. The molecule has 0 fully saturated rings. The standard InChI is InChI=1S/C8H18N2O2/c1-6(2)12-8(11)10-5-4-7(3)9/h6-7H,4-5,9H2,1-3H3,(H,10,11). The Morgan fingerprint density at radius 3 is 2.50 bits per heavy atom. The molecule has 0 heterocycles. The van der Waals surface area contributed by atoms with Gasteiger partial charge < -0.3 is 15.8 Å². The van der Waals surface area contributed by atoms with Crippen molar-refractivity contribution in [3.05, 3.63) is 0 Å². The first-order valence-electron chi connectivity index (χ1n) is 4.22. The van der Waals surface area contributed by atoms with Crippen LogP contribution in [0.5, 0.6) is 0 Å². The highest BCUT2D eigenvalue weighted by Gasteiger charge is 2.03. The lowest BCUT2D eigenvalue weighted by Crippen LogP contribution is -2.30. The van der Waals surface area contributed by atoms with Gasteiger partial charge in [-0.15, -0.1) is 0 Å². The molecular formula is C8H18N2O2. The molecule has 0 aliphatic rings. The zero-order valence-electron chi connectivity index (χ0n) is 7.96. The number of hydrogen-bond donors (Lipinski definition) is 2. The summed E-state index contributed by atoms with van der Waals surface area (Å²) >= 11 is 0. The summed E-state index contributed by atoms with van der Waals surface area (Å²) in [6.07, 6.45) is 0.332. The fraction of sp³-hybridized carbons (Fsp3) is 0.875. The van der Waals surface area contributed by atoms with Crippen LogP contribution < -0.4 is 11.1 Å². The van der Waals surface area contributed by atoms with Crippen LogP contribution in [0.1, 0.15) is 27.2 Å². The number of rotatable bonds is 4. The number of carbonyl (C=O) groups excluding carboxylic acids is 1. The molecule has 0 aromatic carbocycles. The monoisotopic (exact) mass is 174 g/mol. The smallest absolute Gasteiger partial charge is 0.407 e. The summed E-state index contributed by atoms with van der Waals surface area (Å²) in [6, 6.07) is 0.115. The van der Waals surface area contributed by atoms with Crippen molar-refractivity contribution in [1.82, 2.24) is 5.32 Å². The molecule has 3 N–H and O–H groups in total. The molecule has 0 aromatic heterocycles. The van der Waals surface area contributed by atoms with Gasteiger partial charge in [-0.05, 0) is 27.2 Å². The average molecular weight is 174 g/mol. The molecule has 4 heteroatoms. The van der Waals surface area contributed by atoms with Crippen molar-refractivity contribution in [2.45, 2.75) is 39.3 Å². The summed E-state index contributed by atoms with van der Waals surface area (Å²) < 4.78 is 4.84. The normalized spacial score (nSPS) is 12.8. The van der Waals surface area contributed by atoms with Crippen molar-refractivity contribution in [3.63, 3.8) is 0 Å². The van der Waals surface area contributed by atoms with Crippen LogP contribution in [0.4, 0.5) is 4.79 Å². The van der Waals surface area contributed by atoms with E-state index >= 15 is 0 Å². The van der Waals surface area contributed by atoms with E-state index < -0.39 is 0 Å². The maximum atomic E-state index is 10.9. The number of hydrogen-bond acceptors (Lipinski definition) is 3. The van der Waals surface area contributed by atoms with Gasteiger partial charge >= 0.3 is 6.09 Å². The summed E-state index contributed by atoms with van der Waals surface area (Å²) in [7, 11) is 0. The van der Waals surface area contributed by atoms with Crippen LogP contribution in [0.25, 0.3) is 0 Å².